The van der Waals surface area contributed by atoms with Gasteiger partial charge in [-0.25, -0.2) is 4.79 Å². The van der Waals surface area contributed by atoms with E-state index in [2.05, 4.69) is 11.6 Å². The Hall–Kier alpha value is -0.870. The van der Waals surface area contributed by atoms with Crippen molar-refractivity contribution in [2.45, 2.75) is 6.42 Å². The molecule has 0 aliphatic heterocycles. The number of nitrogens with one attached hydrogen (secondary N) is 1. The summed E-state index contributed by atoms with van der Waals surface area (Å²) >= 11 is 7.75. The Morgan fingerprint density at radius 3 is 2.88 bits per heavy atom. The Labute approximate surface area is 104 Å². The zero-order valence-corrected chi connectivity index (χ0v) is 10.6. The molecule has 0 spiro atoms. The second-order valence-electron chi connectivity index (χ2n) is 3.27. The molecule has 1 aromatic carbocycles. The van der Waals surface area contributed by atoms with Crippen LogP contribution in [-0.4, -0.2) is 29.6 Å². The van der Waals surface area contributed by atoms with Gasteiger partial charge >= 0.3 is 5.97 Å². The largest absolute Gasteiger partial charge is 0.478 e. The van der Waals surface area contributed by atoms with E-state index in [0.717, 1.165) is 24.4 Å². The third-order valence-electron chi connectivity index (χ3n) is 2.06. The van der Waals surface area contributed by atoms with Crippen LogP contribution in [0.5, 0.6) is 0 Å². The first-order valence-corrected chi connectivity index (χ1v) is 6.68. The summed E-state index contributed by atoms with van der Waals surface area (Å²) in [5, 5.41) is 12.4. The summed E-state index contributed by atoms with van der Waals surface area (Å²) in [5.41, 5.74) is 0.993. The number of carboxylic acid groups (broad SMARTS) is 1. The van der Waals surface area contributed by atoms with Crippen LogP contribution in [-0.2, 0) is 0 Å². The normalized spacial score (nSPS) is 10.1. The van der Waals surface area contributed by atoms with Crippen LogP contribution in [0.1, 0.15) is 16.8 Å². The van der Waals surface area contributed by atoms with Gasteiger partial charge in [0.25, 0.3) is 0 Å². The number of hydrogen-bond acceptors (Lipinski definition) is 3. The minimum atomic E-state index is -0.962. The van der Waals surface area contributed by atoms with Crippen molar-refractivity contribution in [2.24, 2.45) is 0 Å². The number of benzene rings is 1. The maximum atomic E-state index is 10.7. The summed E-state index contributed by atoms with van der Waals surface area (Å²) in [7, 11) is 0. The van der Waals surface area contributed by atoms with Crippen LogP contribution in [0.3, 0.4) is 0 Å². The Bertz CT molecular complexity index is 371. The van der Waals surface area contributed by atoms with Gasteiger partial charge in [0.1, 0.15) is 0 Å². The highest BCUT2D eigenvalue weighted by Gasteiger charge is 2.06. The standard InChI is InChI=1S/C11H14ClNO2S/c1-16-6-2-5-13-10-4-3-8(11(14)15)7-9(10)12/h3-4,7,13H,2,5-6H2,1H3,(H,14,15). The second-order valence-corrected chi connectivity index (χ2v) is 4.67. The van der Waals surface area contributed by atoms with E-state index >= 15 is 0 Å². The molecule has 5 heteroatoms. The Morgan fingerprint density at radius 2 is 2.31 bits per heavy atom. The minimum Gasteiger partial charge on any atom is -0.478 e. The van der Waals surface area contributed by atoms with E-state index in [1.54, 1.807) is 23.9 Å². The van der Waals surface area contributed by atoms with Crippen LogP contribution >= 0.6 is 23.4 Å². The van der Waals surface area contributed by atoms with Gasteiger partial charge in [0.15, 0.2) is 0 Å². The molecule has 0 aromatic heterocycles. The van der Waals surface area contributed by atoms with Crippen molar-refractivity contribution in [1.82, 2.24) is 0 Å². The van der Waals surface area contributed by atoms with Gasteiger partial charge in [-0.05, 0) is 36.6 Å². The number of aromatic carboxylic acids is 1. The molecule has 0 heterocycles. The van der Waals surface area contributed by atoms with Crippen LogP contribution in [0.25, 0.3) is 0 Å². The summed E-state index contributed by atoms with van der Waals surface area (Å²) in [6, 6.07) is 4.71. The van der Waals surface area contributed by atoms with E-state index in [4.69, 9.17) is 16.7 Å². The van der Waals surface area contributed by atoms with Gasteiger partial charge in [-0.2, -0.15) is 11.8 Å². The molecule has 3 nitrogen and oxygen atoms in total. The van der Waals surface area contributed by atoms with Gasteiger partial charge in [0, 0.05) is 6.54 Å². The van der Waals surface area contributed by atoms with Crippen molar-refractivity contribution in [2.75, 3.05) is 23.9 Å². The predicted octanol–water partition coefficient (Wildman–Crippen LogP) is 3.20. The van der Waals surface area contributed by atoms with Crippen molar-refractivity contribution >= 4 is 35.0 Å². The molecule has 0 aliphatic carbocycles. The summed E-state index contributed by atoms with van der Waals surface area (Å²) in [5.74, 6) is 0.133. The van der Waals surface area contributed by atoms with Crippen molar-refractivity contribution in [3.05, 3.63) is 28.8 Å². The quantitative estimate of drug-likeness (QED) is 0.771. The summed E-state index contributed by atoms with van der Waals surface area (Å²) < 4.78 is 0. The third-order valence-corrected chi connectivity index (χ3v) is 3.07. The lowest BCUT2D eigenvalue weighted by Crippen LogP contribution is -2.04. The van der Waals surface area contributed by atoms with Gasteiger partial charge in [-0.3, -0.25) is 0 Å². The maximum absolute atomic E-state index is 10.7. The first kappa shape index (κ1) is 13.2. The minimum absolute atomic E-state index is 0.208. The van der Waals surface area contributed by atoms with Crippen LogP contribution in [0.15, 0.2) is 18.2 Å². The van der Waals surface area contributed by atoms with Crippen molar-refractivity contribution in [3.8, 4) is 0 Å². The molecule has 0 fully saturated rings. The van der Waals surface area contributed by atoms with Crippen LogP contribution in [0.4, 0.5) is 5.69 Å². The highest BCUT2D eigenvalue weighted by molar-refractivity contribution is 7.98. The monoisotopic (exact) mass is 259 g/mol. The lowest BCUT2D eigenvalue weighted by molar-refractivity contribution is 0.0697. The van der Waals surface area contributed by atoms with E-state index in [0.29, 0.717) is 5.02 Å². The number of anilines is 1. The van der Waals surface area contributed by atoms with E-state index in [1.807, 2.05) is 0 Å². The molecule has 16 heavy (non-hydrogen) atoms. The van der Waals surface area contributed by atoms with Crippen LogP contribution in [0, 0.1) is 0 Å². The van der Waals surface area contributed by atoms with E-state index in [1.165, 1.54) is 6.07 Å². The number of carboxylic acids is 1. The number of rotatable bonds is 6. The molecular formula is C11H14ClNO2S. The Morgan fingerprint density at radius 1 is 1.56 bits per heavy atom. The molecular weight excluding hydrogens is 246 g/mol. The Balaban J connectivity index is 2.57. The molecule has 0 atom stereocenters. The van der Waals surface area contributed by atoms with Crippen molar-refractivity contribution in [1.29, 1.82) is 0 Å². The molecule has 1 rings (SSSR count). The summed E-state index contributed by atoms with van der Waals surface area (Å²) in [6.07, 6.45) is 3.12. The molecule has 2 N–H and O–H groups in total. The average Bonchev–Trinajstić information content (AvgIpc) is 2.26. The van der Waals surface area contributed by atoms with Gasteiger partial charge in [0.2, 0.25) is 0 Å². The number of halogens is 1. The molecule has 0 bridgehead atoms. The van der Waals surface area contributed by atoms with Crippen LogP contribution in [0.2, 0.25) is 5.02 Å². The summed E-state index contributed by atoms with van der Waals surface area (Å²) in [6.45, 7) is 0.840. The molecule has 88 valence electrons. The lowest BCUT2D eigenvalue weighted by atomic mass is 10.2. The van der Waals surface area contributed by atoms with Crippen molar-refractivity contribution < 1.29 is 9.90 Å². The van der Waals surface area contributed by atoms with Crippen LogP contribution < -0.4 is 5.32 Å². The van der Waals surface area contributed by atoms with E-state index < -0.39 is 5.97 Å². The topological polar surface area (TPSA) is 49.3 Å². The molecule has 0 radical (unpaired) electrons. The highest BCUT2D eigenvalue weighted by Crippen LogP contribution is 2.23. The smallest absolute Gasteiger partial charge is 0.335 e. The summed E-state index contributed by atoms with van der Waals surface area (Å²) in [4.78, 5) is 10.7. The maximum Gasteiger partial charge on any atom is 0.335 e. The predicted molar refractivity (Wildman–Crippen MR) is 69.9 cm³/mol. The molecule has 0 unspecified atom stereocenters. The van der Waals surface area contributed by atoms with Gasteiger partial charge in [-0.1, -0.05) is 11.6 Å². The average molecular weight is 260 g/mol. The molecule has 0 amide bonds. The molecule has 0 saturated carbocycles. The lowest BCUT2D eigenvalue weighted by Gasteiger charge is -2.08. The number of thioether (sulfide) groups is 1. The third kappa shape index (κ3) is 3.94. The molecule has 0 aliphatic rings. The SMILES string of the molecule is CSCCCNc1ccc(C(=O)O)cc1Cl. The van der Waals surface area contributed by atoms with Gasteiger partial charge in [0.05, 0.1) is 16.3 Å². The molecule has 1 aromatic rings. The number of carbonyl (C=O) groups is 1. The Kier molecular flexibility index (Phi) is 5.49. The number of hydrogen-bond donors (Lipinski definition) is 2. The van der Waals surface area contributed by atoms with Crippen molar-refractivity contribution in [3.63, 3.8) is 0 Å². The molecule has 0 saturated heterocycles. The fourth-order valence-corrected chi connectivity index (χ4v) is 1.91. The van der Waals surface area contributed by atoms with Gasteiger partial charge < -0.3 is 10.4 Å². The first-order chi connectivity index (χ1) is 7.65. The fourth-order valence-electron chi connectivity index (χ4n) is 1.23. The highest BCUT2D eigenvalue weighted by atomic mass is 35.5. The zero-order valence-electron chi connectivity index (χ0n) is 9.00. The van der Waals surface area contributed by atoms with E-state index in [9.17, 15) is 4.79 Å². The van der Waals surface area contributed by atoms with E-state index in [-0.39, 0.29) is 5.56 Å². The van der Waals surface area contributed by atoms with Gasteiger partial charge in [-0.15, -0.1) is 0 Å². The first-order valence-electron chi connectivity index (χ1n) is 4.91. The fraction of sp³-hybridized carbons (Fsp3) is 0.364. The second kappa shape index (κ2) is 6.66. The zero-order chi connectivity index (χ0) is 12.0.